The van der Waals surface area contributed by atoms with Gasteiger partial charge in [0.25, 0.3) is 0 Å². The molecule has 0 spiro atoms. The molecule has 6 nitrogen and oxygen atoms in total. The first-order valence-corrected chi connectivity index (χ1v) is 9.48. The van der Waals surface area contributed by atoms with Gasteiger partial charge in [-0.3, -0.25) is 4.79 Å². The first-order valence-electron chi connectivity index (χ1n) is 8.00. The molecular formula is C16H24N2O4S. The number of nitrogens with one attached hydrogen (secondary N) is 1. The number of amides is 1. The molecule has 7 heteroatoms. The summed E-state index contributed by atoms with van der Waals surface area (Å²) in [6.07, 6.45) is 1.64. The third-order valence-corrected chi connectivity index (χ3v) is 5.30. The summed E-state index contributed by atoms with van der Waals surface area (Å²) in [5, 5.41) is 0. The second kappa shape index (κ2) is 7.90. The van der Waals surface area contributed by atoms with E-state index in [-0.39, 0.29) is 10.8 Å². The molecule has 0 saturated carbocycles. The number of carbonyl (C=O) groups is 1. The maximum absolute atomic E-state index is 12.3. The lowest BCUT2D eigenvalue weighted by Gasteiger charge is -2.28. The zero-order valence-electron chi connectivity index (χ0n) is 13.7. The van der Waals surface area contributed by atoms with Gasteiger partial charge >= 0.3 is 0 Å². The number of benzene rings is 1. The summed E-state index contributed by atoms with van der Waals surface area (Å²) < 4.78 is 32.4. The third-order valence-electron chi connectivity index (χ3n) is 3.84. The van der Waals surface area contributed by atoms with E-state index < -0.39 is 10.0 Å². The molecule has 1 heterocycles. The minimum absolute atomic E-state index is 0.0876. The fraction of sp³-hybridized carbons (Fsp3) is 0.562. The van der Waals surface area contributed by atoms with Crippen molar-refractivity contribution < 1.29 is 17.9 Å². The zero-order valence-corrected chi connectivity index (χ0v) is 14.5. The minimum atomic E-state index is -3.53. The molecule has 1 aromatic rings. The Hall–Kier alpha value is -1.44. The summed E-state index contributed by atoms with van der Waals surface area (Å²) in [5.74, 6) is 0.0876. The van der Waals surface area contributed by atoms with Gasteiger partial charge in [0.2, 0.25) is 15.9 Å². The van der Waals surface area contributed by atoms with E-state index in [2.05, 4.69) is 4.72 Å². The normalized spacial score (nSPS) is 14.9. The van der Waals surface area contributed by atoms with E-state index >= 15 is 0 Å². The van der Waals surface area contributed by atoms with Crippen molar-refractivity contribution in [3.05, 3.63) is 23.8 Å². The molecule has 23 heavy (non-hydrogen) atoms. The number of anilines is 1. The molecule has 0 bridgehead atoms. The Bertz CT molecular complexity index is 658. The summed E-state index contributed by atoms with van der Waals surface area (Å²) in [6.45, 7) is 5.92. The largest absolute Gasteiger partial charge is 0.382 e. The number of ether oxygens (including phenoxy) is 1. The molecule has 128 valence electrons. The van der Waals surface area contributed by atoms with Crippen molar-refractivity contribution in [2.24, 2.45) is 0 Å². The summed E-state index contributed by atoms with van der Waals surface area (Å²) in [7, 11) is -3.53. The van der Waals surface area contributed by atoms with E-state index in [9.17, 15) is 13.2 Å². The van der Waals surface area contributed by atoms with Crippen LogP contribution in [0.1, 0.15) is 32.3 Å². The highest BCUT2D eigenvalue weighted by atomic mass is 32.2. The van der Waals surface area contributed by atoms with Crippen molar-refractivity contribution in [2.45, 2.75) is 38.0 Å². The predicted octanol–water partition coefficient (Wildman–Crippen LogP) is 1.69. The van der Waals surface area contributed by atoms with Crippen molar-refractivity contribution in [1.82, 2.24) is 4.72 Å². The Morgan fingerprint density at radius 3 is 2.74 bits per heavy atom. The van der Waals surface area contributed by atoms with Gasteiger partial charge in [0, 0.05) is 38.4 Å². The summed E-state index contributed by atoms with van der Waals surface area (Å²) in [4.78, 5) is 13.8. The Morgan fingerprint density at radius 2 is 2.04 bits per heavy atom. The molecule has 1 aliphatic heterocycles. The highest BCUT2D eigenvalue weighted by Gasteiger charge is 2.24. The molecule has 0 aliphatic carbocycles. The quantitative estimate of drug-likeness (QED) is 0.731. The van der Waals surface area contributed by atoms with Crippen LogP contribution in [0.3, 0.4) is 0 Å². The molecule has 0 fully saturated rings. The Kier molecular flexibility index (Phi) is 6.15. The lowest BCUT2D eigenvalue weighted by molar-refractivity contribution is -0.118. The molecule has 1 amide bonds. The van der Waals surface area contributed by atoms with Crippen LogP contribution in [0.5, 0.6) is 0 Å². The Labute approximate surface area is 137 Å². The van der Waals surface area contributed by atoms with Crippen LogP contribution >= 0.6 is 0 Å². The van der Waals surface area contributed by atoms with Crippen LogP contribution in [0, 0.1) is 0 Å². The fourth-order valence-corrected chi connectivity index (χ4v) is 3.78. The van der Waals surface area contributed by atoms with Crippen LogP contribution in [0.15, 0.2) is 23.1 Å². The molecule has 0 radical (unpaired) electrons. The molecule has 0 aromatic heterocycles. The number of nitrogens with zero attached hydrogens (tertiary/aromatic N) is 1. The second-order valence-electron chi connectivity index (χ2n) is 5.38. The standard InChI is InChI=1S/C16H24N2O4S/c1-3-18-15-8-7-14(12-13(15)6-9-16(18)19)23(20,21)17-10-5-11-22-4-2/h7-8,12,17H,3-6,9-11H2,1-2H3. The van der Waals surface area contributed by atoms with Crippen molar-refractivity contribution >= 4 is 21.6 Å². The highest BCUT2D eigenvalue weighted by Crippen LogP contribution is 2.29. The number of hydrogen-bond donors (Lipinski definition) is 1. The molecular weight excluding hydrogens is 316 g/mol. The average Bonchev–Trinajstić information content (AvgIpc) is 2.54. The van der Waals surface area contributed by atoms with Crippen LogP contribution in [0.2, 0.25) is 0 Å². The Morgan fingerprint density at radius 1 is 1.26 bits per heavy atom. The zero-order chi connectivity index (χ0) is 16.9. The van der Waals surface area contributed by atoms with Gasteiger partial charge in [-0.15, -0.1) is 0 Å². The highest BCUT2D eigenvalue weighted by molar-refractivity contribution is 7.89. The van der Waals surface area contributed by atoms with E-state index in [0.29, 0.717) is 45.6 Å². The average molecular weight is 340 g/mol. The molecule has 0 unspecified atom stereocenters. The van der Waals surface area contributed by atoms with Gasteiger partial charge in [-0.05, 0) is 50.5 Å². The van der Waals surface area contributed by atoms with Gasteiger partial charge in [-0.25, -0.2) is 13.1 Å². The summed E-state index contributed by atoms with van der Waals surface area (Å²) >= 11 is 0. The van der Waals surface area contributed by atoms with E-state index in [4.69, 9.17) is 4.74 Å². The van der Waals surface area contributed by atoms with Crippen molar-refractivity contribution in [1.29, 1.82) is 0 Å². The third kappa shape index (κ3) is 4.31. The number of carbonyl (C=O) groups excluding carboxylic acids is 1. The number of fused-ring (bicyclic) bond motifs is 1. The van der Waals surface area contributed by atoms with Crippen molar-refractivity contribution in [3.8, 4) is 0 Å². The molecule has 1 N–H and O–H groups in total. The van der Waals surface area contributed by atoms with Gasteiger partial charge in [-0.2, -0.15) is 0 Å². The fourth-order valence-electron chi connectivity index (χ4n) is 2.66. The first-order chi connectivity index (χ1) is 11.0. The number of aryl methyl sites for hydroxylation is 1. The van der Waals surface area contributed by atoms with E-state index in [0.717, 1.165) is 11.3 Å². The maximum atomic E-state index is 12.3. The van der Waals surface area contributed by atoms with Crippen molar-refractivity contribution in [2.75, 3.05) is 31.2 Å². The Balaban J connectivity index is 2.10. The van der Waals surface area contributed by atoms with Crippen LogP contribution < -0.4 is 9.62 Å². The van der Waals surface area contributed by atoms with Crippen LogP contribution in [-0.2, 0) is 26.0 Å². The molecule has 1 aromatic carbocycles. The van der Waals surface area contributed by atoms with E-state index in [1.54, 1.807) is 23.1 Å². The topological polar surface area (TPSA) is 75.7 Å². The van der Waals surface area contributed by atoms with Crippen LogP contribution in [0.25, 0.3) is 0 Å². The van der Waals surface area contributed by atoms with Gasteiger partial charge in [0.1, 0.15) is 0 Å². The molecule has 0 atom stereocenters. The SMILES string of the molecule is CCOCCCNS(=O)(=O)c1ccc2c(c1)CCC(=O)N2CC. The summed E-state index contributed by atoms with van der Waals surface area (Å²) in [6, 6.07) is 4.96. The number of hydrogen-bond acceptors (Lipinski definition) is 4. The predicted molar refractivity (Wildman–Crippen MR) is 89.1 cm³/mol. The van der Waals surface area contributed by atoms with Gasteiger partial charge in [0.15, 0.2) is 0 Å². The van der Waals surface area contributed by atoms with E-state index in [1.807, 2.05) is 13.8 Å². The van der Waals surface area contributed by atoms with Crippen molar-refractivity contribution in [3.63, 3.8) is 0 Å². The van der Waals surface area contributed by atoms with Crippen LogP contribution in [-0.4, -0.2) is 40.6 Å². The van der Waals surface area contributed by atoms with E-state index in [1.165, 1.54) is 0 Å². The number of rotatable bonds is 8. The monoisotopic (exact) mass is 340 g/mol. The molecule has 2 rings (SSSR count). The summed E-state index contributed by atoms with van der Waals surface area (Å²) in [5.41, 5.74) is 1.72. The van der Waals surface area contributed by atoms with Gasteiger partial charge in [-0.1, -0.05) is 0 Å². The second-order valence-corrected chi connectivity index (χ2v) is 7.14. The van der Waals surface area contributed by atoms with Gasteiger partial charge in [0.05, 0.1) is 4.90 Å². The lowest BCUT2D eigenvalue weighted by Crippen LogP contribution is -2.35. The number of sulfonamides is 1. The first kappa shape index (κ1) is 17.9. The van der Waals surface area contributed by atoms with Gasteiger partial charge < -0.3 is 9.64 Å². The van der Waals surface area contributed by atoms with Crippen LogP contribution in [0.4, 0.5) is 5.69 Å². The molecule has 0 saturated heterocycles. The lowest BCUT2D eigenvalue weighted by atomic mass is 10.0. The molecule has 1 aliphatic rings. The minimum Gasteiger partial charge on any atom is -0.382 e. The maximum Gasteiger partial charge on any atom is 0.240 e. The smallest absolute Gasteiger partial charge is 0.240 e.